The second-order valence-electron chi connectivity index (χ2n) is 4.86. The number of hydrogen-bond acceptors (Lipinski definition) is 6. The highest BCUT2D eigenvalue weighted by molar-refractivity contribution is 9.10. The van der Waals surface area contributed by atoms with E-state index < -0.39 is 20.6 Å². The van der Waals surface area contributed by atoms with Crippen molar-refractivity contribution in [3.63, 3.8) is 0 Å². The zero-order valence-corrected chi connectivity index (χ0v) is 14.2. The number of nitro groups is 1. The monoisotopic (exact) mass is 392 g/mol. The molecule has 122 valence electrons. The molecule has 10 heteroatoms. The molecule has 0 atom stereocenters. The molecule has 0 radical (unpaired) electrons. The molecule has 0 saturated carbocycles. The quantitative estimate of drug-likeness (QED) is 0.540. The molecule has 0 aromatic heterocycles. The first-order valence-electron chi connectivity index (χ1n) is 6.77. The van der Waals surface area contributed by atoms with Crippen LogP contribution in [-0.2, 0) is 10.0 Å². The van der Waals surface area contributed by atoms with Crippen molar-refractivity contribution in [1.82, 2.24) is 14.9 Å². The number of hydrogen-bond donors (Lipinski definition) is 2. The average molecular weight is 393 g/mol. The fourth-order valence-corrected chi connectivity index (χ4v) is 3.73. The van der Waals surface area contributed by atoms with Crippen molar-refractivity contribution in [3.8, 4) is 0 Å². The van der Waals surface area contributed by atoms with Crippen LogP contribution in [0.3, 0.4) is 0 Å². The summed E-state index contributed by atoms with van der Waals surface area (Å²) in [4.78, 5) is 12.1. The molecule has 0 spiro atoms. The number of benzene rings is 1. The highest BCUT2D eigenvalue weighted by atomic mass is 79.9. The van der Waals surface area contributed by atoms with Crippen LogP contribution >= 0.6 is 15.9 Å². The van der Waals surface area contributed by atoms with Crippen LogP contribution in [0.25, 0.3) is 0 Å². The van der Waals surface area contributed by atoms with Crippen LogP contribution in [0.5, 0.6) is 0 Å². The van der Waals surface area contributed by atoms with Crippen molar-refractivity contribution in [1.29, 1.82) is 0 Å². The minimum atomic E-state index is -3.91. The normalized spacial score (nSPS) is 16.6. The molecule has 22 heavy (non-hydrogen) atoms. The molecule has 1 fully saturated rings. The zero-order valence-electron chi connectivity index (χ0n) is 11.8. The van der Waals surface area contributed by atoms with Crippen LogP contribution in [0.15, 0.2) is 27.6 Å². The molecule has 0 bridgehead atoms. The Bertz CT molecular complexity index is 647. The summed E-state index contributed by atoms with van der Waals surface area (Å²) in [7, 11) is -3.91. The van der Waals surface area contributed by atoms with Crippen molar-refractivity contribution in [2.75, 3.05) is 39.3 Å². The Morgan fingerprint density at radius 2 is 2.05 bits per heavy atom. The molecule has 1 aromatic carbocycles. The SMILES string of the molecule is O=[N+]([O-])c1cc(Br)ccc1S(=O)(=O)NCCN1CCNCC1. The molecule has 2 N–H and O–H groups in total. The van der Waals surface area contributed by atoms with E-state index in [2.05, 4.69) is 30.9 Å². The largest absolute Gasteiger partial charge is 0.314 e. The second kappa shape index (κ2) is 7.47. The standard InChI is InChI=1S/C12H17BrN4O4S/c13-10-1-2-12(11(9-10)17(18)19)22(20,21)15-5-8-16-6-3-14-4-7-16/h1-2,9,14-15H,3-8H2. The molecule has 0 aliphatic carbocycles. The van der Waals surface area contributed by atoms with Crippen molar-refractivity contribution >= 4 is 31.6 Å². The second-order valence-corrected chi connectivity index (χ2v) is 7.51. The average Bonchev–Trinajstić information content (AvgIpc) is 2.47. The minimum Gasteiger partial charge on any atom is -0.314 e. The number of nitrogens with zero attached hydrogens (tertiary/aromatic N) is 2. The summed E-state index contributed by atoms with van der Waals surface area (Å²) in [6.07, 6.45) is 0. The van der Waals surface area contributed by atoms with Crippen LogP contribution in [0.2, 0.25) is 0 Å². The molecule has 1 aromatic rings. The lowest BCUT2D eigenvalue weighted by Crippen LogP contribution is -2.46. The lowest BCUT2D eigenvalue weighted by molar-refractivity contribution is -0.387. The molecule has 2 rings (SSSR count). The molecular formula is C12H17BrN4O4S. The van der Waals surface area contributed by atoms with Crippen LogP contribution in [0, 0.1) is 10.1 Å². The molecule has 0 unspecified atom stereocenters. The number of rotatable bonds is 6. The van der Waals surface area contributed by atoms with Gasteiger partial charge in [-0.3, -0.25) is 15.0 Å². The molecule has 1 aliphatic heterocycles. The van der Waals surface area contributed by atoms with Gasteiger partial charge in [0.25, 0.3) is 5.69 Å². The maximum atomic E-state index is 12.2. The van der Waals surface area contributed by atoms with Gasteiger partial charge in [0.15, 0.2) is 4.90 Å². The van der Waals surface area contributed by atoms with Crippen LogP contribution in [0.4, 0.5) is 5.69 Å². The van der Waals surface area contributed by atoms with Crippen LogP contribution in [-0.4, -0.2) is 57.5 Å². The van der Waals surface area contributed by atoms with Gasteiger partial charge in [0, 0.05) is 49.8 Å². The molecule has 8 nitrogen and oxygen atoms in total. The number of sulfonamides is 1. The van der Waals surface area contributed by atoms with Gasteiger partial charge in [-0.25, -0.2) is 13.1 Å². The molecule has 1 heterocycles. The van der Waals surface area contributed by atoms with E-state index >= 15 is 0 Å². The van der Waals surface area contributed by atoms with Crippen molar-refractivity contribution in [2.45, 2.75) is 4.90 Å². The Morgan fingerprint density at radius 1 is 1.36 bits per heavy atom. The molecule has 1 saturated heterocycles. The van der Waals surface area contributed by atoms with E-state index in [1.807, 2.05) is 0 Å². The van der Waals surface area contributed by atoms with Gasteiger partial charge in [-0.15, -0.1) is 0 Å². The van der Waals surface area contributed by atoms with Crippen LogP contribution < -0.4 is 10.0 Å². The number of halogens is 1. The molecular weight excluding hydrogens is 376 g/mol. The lowest BCUT2D eigenvalue weighted by Gasteiger charge is -2.27. The van der Waals surface area contributed by atoms with E-state index in [4.69, 9.17) is 0 Å². The number of piperazine rings is 1. The summed E-state index contributed by atoms with van der Waals surface area (Å²) in [6.45, 7) is 4.27. The number of nitrogens with one attached hydrogen (secondary N) is 2. The third-order valence-electron chi connectivity index (χ3n) is 3.34. The zero-order chi connectivity index (χ0) is 16.2. The summed E-state index contributed by atoms with van der Waals surface area (Å²) in [5.74, 6) is 0. The molecule has 1 aliphatic rings. The Balaban J connectivity index is 2.05. The maximum Gasteiger partial charge on any atom is 0.290 e. The first-order chi connectivity index (χ1) is 10.4. The van der Waals surface area contributed by atoms with Gasteiger partial charge in [0.2, 0.25) is 10.0 Å². The smallest absolute Gasteiger partial charge is 0.290 e. The highest BCUT2D eigenvalue weighted by Gasteiger charge is 2.25. The van der Waals surface area contributed by atoms with E-state index in [-0.39, 0.29) is 11.4 Å². The first kappa shape index (κ1) is 17.3. The summed E-state index contributed by atoms with van der Waals surface area (Å²) in [6, 6.07) is 3.89. The van der Waals surface area contributed by atoms with E-state index in [1.54, 1.807) is 0 Å². The maximum absolute atomic E-state index is 12.2. The summed E-state index contributed by atoms with van der Waals surface area (Å²) in [5.41, 5.74) is -0.441. The number of nitro benzene ring substituents is 1. The minimum absolute atomic E-state index is 0.218. The van der Waals surface area contributed by atoms with E-state index in [1.165, 1.54) is 18.2 Å². The van der Waals surface area contributed by atoms with Gasteiger partial charge in [-0.05, 0) is 12.1 Å². The summed E-state index contributed by atoms with van der Waals surface area (Å²) in [5, 5.41) is 14.2. The highest BCUT2D eigenvalue weighted by Crippen LogP contribution is 2.27. The Kier molecular flexibility index (Phi) is 5.87. The topological polar surface area (TPSA) is 105 Å². The molecule has 0 amide bonds. The van der Waals surface area contributed by atoms with Crippen LogP contribution in [0.1, 0.15) is 0 Å². The third kappa shape index (κ3) is 4.46. The summed E-state index contributed by atoms with van der Waals surface area (Å²) < 4.78 is 27.4. The van der Waals surface area contributed by atoms with E-state index in [0.29, 0.717) is 11.0 Å². The van der Waals surface area contributed by atoms with Gasteiger partial charge >= 0.3 is 0 Å². The van der Waals surface area contributed by atoms with Crippen molar-refractivity contribution < 1.29 is 13.3 Å². The van der Waals surface area contributed by atoms with E-state index in [0.717, 1.165) is 26.2 Å². The first-order valence-corrected chi connectivity index (χ1v) is 9.04. The third-order valence-corrected chi connectivity index (χ3v) is 5.34. The van der Waals surface area contributed by atoms with Gasteiger partial charge < -0.3 is 5.32 Å². The van der Waals surface area contributed by atoms with Crippen molar-refractivity contribution in [2.24, 2.45) is 0 Å². The Morgan fingerprint density at radius 3 is 2.68 bits per heavy atom. The fourth-order valence-electron chi connectivity index (χ4n) is 2.21. The Labute approximate surface area is 137 Å². The Hall–Kier alpha value is -1.07. The lowest BCUT2D eigenvalue weighted by atomic mass is 10.3. The van der Waals surface area contributed by atoms with E-state index in [9.17, 15) is 18.5 Å². The van der Waals surface area contributed by atoms with Crippen molar-refractivity contribution in [3.05, 3.63) is 32.8 Å². The fraction of sp³-hybridized carbons (Fsp3) is 0.500. The predicted molar refractivity (Wildman–Crippen MR) is 85.3 cm³/mol. The predicted octanol–water partition coefficient (Wildman–Crippen LogP) is 0.541. The summed E-state index contributed by atoms with van der Waals surface area (Å²) >= 11 is 3.10. The van der Waals surface area contributed by atoms with Gasteiger partial charge in [0.1, 0.15) is 0 Å². The van der Waals surface area contributed by atoms with Gasteiger partial charge in [-0.2, -0.15) is 0 Å². The van der Waals surface area contributed by atoms with Gasteiger partial charge in [0.05, 0.1) is 4.92 Å². The van der Waals surface area contributed by atoms with Gasteiger partial charge in [-0.1, -0.05) is 15.9 Å².